The van der Waals surface area contributed by atoms with Gasteiger partial charge in [0.15, 0.2) is 0 Å². The van der Waals surface area contributed by atoms with Crippen molar-refractivity contribution >= 4 is 27.5 Å². The van der Waals surface area contributed by atoms with Crippen molar-refractivity contribution in [3.05, 3.63) is 95.9 Å². The number of benzene rings is 3. The Bertz CT molecular complexity index is 988. The molecule has 0 N–H and O–H groups in total. The van der Waals surface area contributed by atoms with E-state index < -0.39 is 10.4 Å². The summed E-state index contributed by atoms with van der Waals surface area (Å²) in [5, 5.41) is -3.36. The van der Waals surface area contributed by atoms with Crippen molar-refractivity contribution in [3.63, 3.8) is 0 Å². The predicted octanol–water partition coefficient (Wildman–Crippen LogP) is 8.18. The van der Waals surface area contributed by atoms with Crippen LogP contribution in [0.15, 0.2) is 72.8 Å². The fraction of sp³-hybridized carbons (Fsp3) is 0.208. The van der Waals surface area contributed by atoms with Gasteiger partial charge in [0.2, 0.25) is 0 Å². The lowest BCUT2D eigenvalue weighted by Crippen LogP contribution is -2.19. The van der Waals surface area contributed by atoms with Gasteiger partial charge in [-0.25, -0.2) is 0 Å². The minimum Gasteiger partial charge on any atom is -0.457 e. The van der Waals surface area contributed by atoms with Gasteiger partial charge in [0.05, 0.1) is 5.02 Å². The van der Waals surface area contributed by atoms with Gasteiger partial charge in [-0.05, 0) is 72.7 Å². The first kappa shape index (κ1) is 22.6. The molecule has 1 atom stereocenters. The summed E-state index contributed by atoms with van der Waals surface area (Å²) >= 11 is 8.28. The number of rotatable bonds is 8. The number of hydrogen-bond donors (Lipinski definition) is 0. The van der Waals surface area contributed by atoms with Crippen LogP contribution in [0, 0.1) is 6.92 Å². The van der Waals surface area contributed by atoms with Crippen molar-refractivity contribution in [2.75, 3.05) is 0 Å². The molecular formula is C24H21BrClF2O2. The Balaban J connectivity index is 1.67. The van der Waals surface area contributed by atoms with Crippen molar-refractivity contribution in [3.8, 4) is 17.2 Å². The SMILES string of the molecule is [CH2]C(C)(CCc1cccc(Oc2ccccc2)c1)c1ccc(OC(F)(F)Br)c(Cl)c1. The van der Waals surface area contributed by atoms with Gasteiger partial charge in [-0.3, -0.25) is 0 Å². The number of ether oxygens (including phenoxy) is 2. The molecule has 3 aromatic carbocycles. The molecule has 0 aliphatic carbocycles. The van der Waals surface area contributed by atoms with Gasteiger partial charge in [-0.1, -0.05) is 54.9 Å². The molecule has 0 saturated carbocycles. The van der Waals surface area contributed by atoms with Gasteiger partial charge in [-0.15, -0.1) is 0 Å². The van der Waals surface area contributed by atoms with E-state index in [0.717, 1.165) is 35.5 Å². The van der Waals surface area contributed by atoms with Gasteiger partial charge in [0.1, 0.15) is 17.2 Å². The standard InChI is InChI=1S/C24H21BrClF2O2/c1-23(2,18-11-12-22(21(26)16-18)30-24(25,27)28)14-13-17-7-6-10-20(15-17)29-19-8-4-3-5-9-19/h3-12,15-16H,1,13-14H2,2H3. The van der Waals surface area contributed by atoms with Crippen LogP contribution in [0.3, 0.4) is 0 Å². The maximum atomic E-state index is 13.0. The predicted molar refractivity (Wildman–Crippen MR) is 120 cm³/mol. The van der Waals surface area contributed by atoms with E-state index in [9.17, 15) is 8.78 Å². The molecule has 0 bridgehead atoms. The number of para-hydroxylation sites is 1. The smallest absolute Gasteiger partial charge is 0.457 e. The third kappa shape index (κ3) is 6.44. The van der Waals surface area contributed by atoms with Crippen LogP contribution in [0.4, 0.5) is 8.78 Å². The quantitative estimate of drug-likeness (QED) is 0.294. The highest BCUT2D eigenvalue weighted by Gasteiger charge is 2.28. The zero-order valence-electron chi connectivity index (χ0n) is 16.4. The molecule has 0 amide bonds. The van der Waals surface area contributed by atoms with Crippen molar-refractivity contribution in [2.24, 2.45) is 0 Å². The van der Waals surface area contributed by atoms with Crippen LogP contribution >= 0.6 is 27.5 Å². The molecule has 3 rings (SSSR count). The lowest BCUT2D eigenvalue weighted by Gasteiger charge is -2.26. The molecule has 0 aromatic heterocycles. The second kappa shape index (κ2) is 9.36. The number of hydrogen-bond acceptors (Lipinski definition) is 2. The monoisotopic (exact) mass is 493 g/mol. The van der Waals surface area contributed by atoms with Gasteiger partial charge < -0.3 is 9.47 Å². The van der Waals surface area contributed by atoms with Crippen LogP contribution < -0.4 is 9.47 Å². The second-order valence-electron chi connectivity index (χ2n) is 7.32. The molecule has 157 valence electrons. The molecule has 0 aliphatic heterocycles. The van der Waals surface area contributed by atoms with Crippen LogP contribution in [0.2, 0.25) is 5.02 Å². The molecule has 1 unspecified atom stereocenters. The highest BCUT2D eigenvalue weighted by molar-refractivity contribution is 9.09. The fourth-order valence-corrected chi connectivity index (χ4v) is 3.43. The molecule has 6 heteroatoms. The maximum Gasteiger partial charge on any atom is 0.459 e. The van der Waals surface area contributed by atoms with Crippen LogP contribution in [0.25, 0.3) is 0 Å². The molecule has 3 aromatic rings. The molecule has 0 aliphatic rings. The largest absolute Gasteiger partial charge is 0.459 e. The summed E-state index contributed by atoms with van der Waals surface area (Å²) in [6.45, 7) is 6.29. The average Bonchev–Trinajstić information content (AvgIpc) is 2.68. The summed E-state index contributed by atoms with van der Waals surface area (Å²) in [4.78, 5) is 0. The Morgan fingerprint density at radius 2 is 1.67 bits per heavy atom. The Kier molecular flexibility index (Phi) is 7.04. The topological polar surface area (TPSA) is 18.5 Å². The van der Waals surface area contributed by atoms with E-state index in [4.69, 9.17) is 16.3 Å². The lowest BCUT2D eigenvalue weighted by molar-refractivity contribution is -0.0802. The number of alkyl halides is 3. The first-order valence-corrected chi connectivity index (χ1v) is 10.5. The third-order valence-corrected chi connectivity index (χ3v) is 5.15. The normalized spacial score (nSPS) is 11.9. The van der Waals surface area contributed by atoms with E-state index in [1.165, 1.54) is 6.07 Å². The van der Waals surface area contributed by atoms with E-state index in [-0.39, 0.29) is 10.8 Å². The van der Waals surface area contributed by atoms with Crippen LogP contribution in [0.5, 0.6) is 17.2 Å². The first-order valence-electron chi connectivity index (χ1n) is 9.35. The zero-order valence-corrected chi connectivity index (χ0v) is 18.7. The van der Waals surface area contributed by atoms with Crippen LogP contribution in [-0.2, 0) is 11.8 Å². The van der Waals surface area contributed by atoms with Gasteiger partial charge in [-0.2, -0.15) is 8.78 Å². The summed E-state index contributed by atoms with van der Waals surface area (Å²) in [5.41, 5.74) is 1.49. The van der Waals surface area contributed by atoms with E-state index >= 15 is 0 Å². The molecule has 1 radical (unpaired) electrons. The lowest BCUT2D eigenvalue weighted by atomic mass is 9.79. The second-order valence-corrected chi connectivity index (χ2v) is 8.65. The van der Waals surface area contributed by atoms with Crippen molar-refractivity contribution in [1.29, 1.82) is 0 Å². The Morgan fingerprint density at radius 3 is 2.33 bits per heavy atom. The van der Waals surface area contributed by atoms with Gasteiger partial charge in [0, 0.05) is 15.9 Å². The Morgan fingerprint density at radius 1 is 0.967 bits per heavy atom. The highest BCUT2D eigenvalue weighted by Crippen LogP contribution is 2.37. The van der Waals surface area contributed by atoms with Crippen molar-refractivity contribution in [1.82, 2.24) is 0 Å². The number of halogens is 4. The fourth-order valence-electron chi connectivity index (χ4n) is 3.04. The summed E-state index contributed by atoms with van der Waals surface area (Å²) in [6, 6.07) is 22.3. The molecule has 0 saturated heterocycles. The van der Waals surface area contributed by atoms with E-state index in [0.29, 0.717) is 0 Å². The first-order chi connectivity index (χ1) is 14.1. The maximum absolute atomic E-state index is 13.0. The van der Waals surface area contributed by atoms with Crippen LogP contribution in [0.1, 0.15) is 24.5 Å². The summed E-state index contributed by atoms with van der Waals surface area (Å²) in [5.74, 6) is 1.45. The van der Waals surface area contributed by atoms with Gasteiger partial charge >= 0.3 is 5.02 Å². The zero-order chi connectivity index (χ0) is 21.8. The minimum atomic E-state index is -3.47. The molecule has 30 heavy (non-hydrogen) atoms. The third-order valence-electron chi connectivity index (χ3n) is 4.70. The van der Waals surface area contributed by atoms with E-state index in [2.05, 4.69) is 27.6 Å². The van der Waals surface area contributed by atoms with Crippen LogP contribution in [-0.4, -0.2) is 5.02 Å². The average molecular weight is 495 g/mol. The molecule has 2 nitrogen and oxygen atoms in total. The molecular weight excluding hydrogens is 474 g/mol. The van der Waals surface area contributed by atoms with Crippen molar-refractivity contribution in [2.45, 2.75) is 30.2 Å². The molecule has 0 spiro atoms. The molecule has 0 fully saturated rings. The summed E-state index contributed by atoms with van der Waals surface area (Å²) < 4.78 is 36.4. The summed E-state index contributed by atoms with van der Waals surface area (Å²) in [6.07, 6.45) is 1.49. The highest BCUT2D eigenvalue weighted by atomic mass is 79.9. The van der Waals surface area contributed by atoms with E-state index in [1.807, 2.05) is 61.5 Å². The Hall–Kier alpha value is -2.11. The Labute approximate surface area is 188 Å². The van der Waals surface area contributed by atoms with E-state index in [1.54, 1.807) is 12.1 Å². The minimum absolute atomic E-state index is 0.0937. The number of aryl methyl sites for hydroxylation is 1. The van der Waals surface area contributed by atoms with Gasteiger partial charge in [0.25, 0.3) is 0 Å². The van der Waals surface area contributed by atoms with Crippen molar-refractivity contribution < 1.29 is 18.3 Å². The summed E-state index contributed by atoms with van der Waals surface area (Å²) in [7, 11) is 0. The molecule has 0 heterocycles.